The van der Waals surface area contributed by atoms with E-state index in [1.54, 1.807) is 24.4 Å². The van der Waals surface area contributed by atoms with Gasteiger partial charge in [-0.1, -0.05) is 17.7 Å². The van der Waals surface area contributed by atoms with Gasteiger partial charge in [0.25, 0.3) is 0 Å². The summed E-state index contributed by atoms with van der Waals surface area (Å²) < 4.78 is 26.7. The van der Waals surface area contributed by atoms with Crippen LogP contribution in [0.2, 0.25) is 5.02 Å². The molecule has 0 saturated carbocycles. The molecule has 2 aromatic rings. The number of pyridine rings is 1. The summed E-state index contributed by atoms with van der Waals surface area (Å²) in [6.45, 7) is -0.0171. The quantitative estimate of drug-likeness (QED) is 0.875. The maximum Gasteiger partial charge on any atom is 0.335 e. The monoisotopic (exact) mass is 326 g/mol. The molecule has 0 radical (unpaired) electrons. The number of hydrogen-bond acceptors (Lipinski definition) is 4. The van der Waals surface area contributed by atoms with Gasteiger partial charge < -0.3 is 5.11 Å². The first kappa shape index (κ1) is 15.4. The summed E-state index contributed by atoms with van der Waals surface area (Å²) in [4.78, 5) is 14.6. The number of rotatable bonds is 5. The number of sulfonamides is 1. The van der Waals surface area contributed by atoms with Crippen LogP contribution in [0.5, 0.6) is 0 Å². The van der Waals surface area contributed by atoms with Crippen molar-refractivity contribution in [1.29, 1.82) is 0 Å². The highest BCUT2D eigenvalue weighted by molar-refractivity contribution is 7.89. The summed E-state index contributed by atoms with van der Waals surface area (Å²) in [6.07, 6.45) is 1.54. The number of carboxylic acid groups (broad SMARTS) is 1. The van der Waals surface area contributed by atoms with Gasteiger partial charge >= 0.3 is 5.97 Å². The normalized spacial score (nSPS) is 11.3. The molecule has 8 heteroatoms. The van der Waals surface area contributed by atoms with Crippen molar-refractivity contribution in [2.45, 2.75) is 11.4 Å². The van der Waals surface area contributed by atoms with Crippen molar-refractivity contribution in [2.75, 3.05) is 0 Å². The molecule has 0 bridgehead atoms. The Morgan fingerprint density at radius 1 is 1.29 bits per heavy atom. The van der Waals surface area contributed by atoms with Crippen molar-refractivity contribution in [3.05, 3.63) is 58.9 Å². The lowest BCUT2D eigenvalue weighted by molar-refractivity contribution is 0.0696. The fourth-order valence-electron chi connectivity index (χ4n) is 1.59. The molecule has 0 aliphatic heterocycles. The van der Waals surface area contributed by atoms with Crippen LogP contribution in [0.15, 0.2) is 47.5 Å². The molecule has 0 aliphatic rings. The molecule has 0 unspecified atom stereocenters. The van der Waals surface area contributed by atoms with Crippen molar-refractivity contribution in [3.63, 3.8) is 0 Å². The second kappa shape index (κ2) is 6.21. The topological polar surface area (TPSA) is 96.4 Å². The van der Waals surface area contributed by atoms with Crippen LogP contribution in [0.3, 0.4) is 0 Å². The van der Waals surface area contributed by atoms with Crippen molar-refractivity contribution in [2.24, 2.45) is 0 Å². The maximum absolute atomic E-state index is 12.2. The summed E-state index contributed by atoms with van der Waals surface area (Å²) in [5.74, 6) is -1.23. The number of hydrogen-bond donors (Lipinski definition) is 2. The summed E-state index contributed by atoms with van der Waals surface area (Å²) in [5, 5.41) is 8.86. The third kappa shape index (κ3) is 3.78. The van der Waals surface area contributed by atoms with E-state index in [9.17, 15) is 13.2 Å². The van der Waals surface area contributed by atoms with E-state index < -0.39 is 16.0 Å². The lowest BCUT2D eigenvalue weighted by Crippen LogP contribution is -2.24. The maximum atomic E-state index is 12.2. The standard InChI is InChI=1S/C13H11ClN2O4S/c14-11-5-4-9(13(17)18)7-12(11)21(19,20)16-8-10-3-1-2-6-15-10/h1-7,16H,8H2,(H,17,18). The molecular formula is C13H11ClN2O4S. The zero-order valence-electron chi connectivity index (χ0n) is 10.7. The predicted octanol–water partition coefficient (Wildman–Crippen LogP) is 1.91. The van der Waals surface area contributed by atoms with Crippen LogP contribution < -0.4 is 4.72 Å². The van der Waals surface area contributed by atoms with E-state index in [1.807, 2.05) is 0 Å². The fourth-order valence-corrected chi connectivity index (χ4v) is 3.11. The van der Waals surface area contributed by atoms with Crippen LogP contribution >= 0.6 is 11.6 Å². The summed E-state index contributed by atoms with van der Waals surface area (Å²) in [6, 6.07) is 8.60. The minimum absolute atomic E-state index is 0.0171. The van der Waals surface area contributed by atoms with Gasteiger partial charge in [-0.05, 0) is 30.3 Å². The van der Waals surface area contributed by atoms with Gasteiger partial charge in [0, 0.05) is 6.20 Å². The molecular weight excluding hydrogens is 316 g/mol. The zero-order valence-corrected chi connectivity index (χ0v) is 12.2. The third-order valence-electron chi connectivity index (χ3n) is 2.64. The Morgan fingerprint density at radius 3 is 2.67 bits per heavy atom. The molecule has 6 nitrogen and oxygen atoms in total. The first-order valence-electron chi connectivity index (χ1n) is 5.82. The number of nitrogens with one attached hydrogen (secondary N) is 1. The molecule has 1 aromatic carbocycles. The minimum Gasteiger partial charge on any atom is -0.478 e. The molecule has 0 aliphatic carbocycles. The van der Waals surface area contributed by atoms with Gasteiger partial charge in [0.2, 0.25) is 10.0 Å². The van der Waals surface area contributed by atoms with Gasteiger partial charge in [0.1, 0.15) is 4.90 Å². The van der Waals surface area contributed by atoms with Crippen LogP contribution in [-0.2, 0) is 16.6 Å². The van der Waals surface area contributed by atoms with E-state index in [-0.39, 0.29) is 22.0 Å². The molecule has 0 saturated heterocycles. The molecule has 0 fully saturated rings. The van der Waals surface area contributed by atoms with Crippen LogP contribution in [0.25, 0.3) is 0 Å². The van der Waals surface area contributed by atoms with E-state index in [1.165, 1.54) is 12.1 Å². The molecule has 0 spiro atoms. The highest BCUT2D eigenvalue weighted by Gasteiger charge is 2.20. The van der Waals surface area contributed by atoms with Crippen molar-refractivity contribution in [3.8, 4) is 0 Å². The van der Waals surface area contributed by atoms with E-state index in [0.717, 1.165) is 6.07 Å². The molecule has 2 N–H and O–H groups in total. The number of carboxylic acids is 1. The lowest BCUT2D eigenvalue weighted by Gasteiger charge is -2.09. The molecule has 110 valence electrons. The van der Waals surface area contributed by atoms with Gasteiger partial charge in [-0.25, -0.2) is 17.9 Å². The van der Waals surface area contributed by atoms with E-state index in [2.05, 4.69) is 9.71 Å². The highest BCUT2D eigenvalue weighted by atomic mass is 35.5. The summed E-state index contributed by atoms with van der Waals surface area (Å²) in [5.41, 5.74) is 0.379. The Labute approximate surface area is 126 Å². The average Bonchev–Trinajstić information content (AvgIpc) is 2.46. The lowest BCUT2D eigenvalue weighted by atomic mass is 10.2. The van der Waals surface area contributed by atoms with Crippen LogP contribution in [-0.4, -0.2) is 24.5 Å². The van der Waals surface area contributed by atoms with E-state index in [0.29, 0.717) is 5.69 Å². The largest absolute Gasteiger partial charge is 0.478 e. The van der Waals surface area contributed by atoms with E-state index in [4.69, 9.17) is 16.7 Å². The molecule has 1 heterocycles. The van der Waals surface area contributed by atoms with Crippen molar-refractivity contribution in [1.82, 2.24) is 9.71 Å². The SMILES string of the molecule is O=C(O)c1ccc(Cl)c(S(=O)(=O)NCc2ccccn2)c1. The Kier molecular flexibility index (Phi) is 4.56. The average molecular weight is 327 g/mol. The molecule has 1 aromatic heterocycles. The van der Waals surface area contributed by atoms with Crippen LogP contribution in [0.4, 0.5) is 0 Å². The van der Waals surface area contributed by atoms with Gasteiger partial charge in [0.15, 0.2) is 0 Å². The number of halogens is 1. The number of benzene rings is 1. The number of aromatic nitrogens is 1. The summed E-state index contributed by atoms with van der Waals surface area (Å²) >= 11 is 5.84. The first-order valence-corrected chi connectivity index (χ1v) is 7.69. The minimum atomic E-state index is -3.93. The van der Waals surface area contributed by atoms with Crippen LogP contribution in [0.1, 0.15) is 16.1 Å². The number of nitrogens with zero attached hydrogens (tertiary/aromatic N) is 1. The van der Waals surface area contributed by atoms with Gasteiger partial charge in [-0.15, -0.1) is 0 Å². The Morgan fingerprint density at radius 2 is 2.05 bits per heavy atom. The Balaban J connectivity index is 2.27. The fraction of sp³-hybridized carbons (Fsp3) is 0.0769. The zero-order chi connectivity index (χ0) is 15.5. The second-order valence-corrected chi connectivity index (χ2v) is 6.24. The first-order chi connectivity index (χ1) is 9.90. The number of carbonyl (C=O) groups is 1. The van der Waals surface area contributed by atoms with E-state index >= 15 is 0 Å². The third-order valence-corrected chi connectivity index (χ3v) is 4.52. The van der Waals surface area contributed by atoms with Gasteiger partial charge in [-0.3, -0.25) is 4.98 Å². The number of aromatic carboxylic acids is 1. The Hall–Kier alpha value is -1.96. The Bertz CT molecular complexity index is 763. The van der Waals surface area contributed by atoms with Crippen molar-refractivity contribution >= 4 is 27.6 Å². The van der Waals surface area contributed by atoms with Gasteiger partial charge in [0.05, 0.1) is 22.8 Å². The van der Waals surface area contributed by atoms with Gasteiger partial charge in [-0.2, -0.15) is 0 Å². The molecule has 21 heavy (non-hydrogen) atoms. The smallest absolute Gasteiger partial charge is 0.335 e. The van der Waals surface area contributed by atoms with Crippen molar-refractivity contribution < 1.29 is 18.3 Å². The molecule has 0 amide bonds. The van der Waals surface area contributed by atoms with Crippen LogP contribution in [0, 0.1) is 0 Å². The highest BCUT2D eigenvalue weighted by Crippen LogP contribution is 2.22. The predicted molar refractivity (Wildman–Crippen MR) is 76.7 cm³/mol. The second-order valence-electron chi connectivity index (χ2n) is 4.10. The summed E-state index contributed by atoms with van der Waals surface area (Å²) in [7, 11) is -3.93. The molecule has 0 atom stereocenters. The molecule has 2 rings (SSSR count).